The van der Waals surface area contributed by atoms with E-state index in [1.165, 1.54) is 12.0 Å². The maximum Gasteiger partial charge on any atom is 0.337 e. The van der Waals surface area contributed by atoms with Crippen molar-refractivity contribution in [2.45, 2.75) is 13.0 Å². The van der Waals surface area contributed by atoms with E-state index in [1.54, 1.807) is 32.2 Å². The van der Waals surface area contributed by atoms with Gasteiger partial charge in [0.15, 0.2) is 0 Å². The standard InChI is InChI=1S/C14H14Cl2N2O3/c1-7-11(13(19)21-3)12(17-14(20)18(7)2)9-5-4-8(15)6-10(9)16/h4-6,12H,1-3H3,(H,17,20)/t12-/m0/s1. The average Bonchev–Trinajstić information content (AvgIpc) is 2.44. The van der Waals surface area contributed by atoms with Gasteiger partial charge in [0.1, 0.15) is 0 Å². The number of esters is 1. The Kier molecular flexibility index (Phi) is 4.44. The number of urea groups is 1. The zero-order chi connectivity index (χ0) is 15.7. The molecule has 0 saturated carbocycles. The SMILES string of the molecule is COC(=O)C1=C(C)N(C)C(=O)N[C@H]1c1ccc(Cl)cc1Cl. The minimum absolute atomic E-state index is 0.323. The lowest BCUT2D eigenvalue weighted by atomic mass is 9.95. The summed E-state index contributed by atoms with van der Waals surface area (Å²) in [5.41, 5.74) is 1.44. The first kappa shape index (κ1) is 15.7. The molecule has 1 aliphatic heterocycles. The number of carbonyl (C=O) groups excluding carboxylic acids is 2. The van der Waals surface area contributed by atoms with E-state index in [0.717, 1.165) is 0 Å². The van der Waals surface area contributed by atoms with Crippen LogP contribution < -0.4 is 5.32 Å². The van der Waals surface area contributed by atoms with E-state index in [4.69, 9.17) is 27.9 Å². The first-order valence-corrected chi connectivity index (χ1v) is 6.90. The van der Waals surface area contributed by atoms with Crippen LogP contribution in [-0.4, -0.2) is 31.1 Å². The van der Waals surface area contributed by atoms with Crippen LogP contribution in [0.1, 0.15) is 18.5 Å². The largest absolute Gasteiger partial charge is 0.466 e. The number of methoxy groups -OCH3 is 1. The van der Waals surface area contributed by atoms with Crippen molar-refractivity contribution in [1.82, 2.24) is 10.2 Å². The highest BCUT2D eigenvalue weighted by atomic mass is 35.5. The highest BCUT2D eigenvalue weighted by Crippen LogP contribution is 2.35. The van der Waals surface area contributed by atoms with E-state index in [9.17, 15) is 9.59 Å². The minimum Gasteiger partial charge on any atom is -0.466 e. The van der Waals surface area contributed by atoms with Gasteiger partial charge < -0.3 is 15.0 Å². The summed E-state index contributed by atoms with van der Waals surface area (Å²) in [6.07, 6.45) is 0. The van der Waals surface area contributed by atoms with Gasteiger partial charge in [-0.2, -0.15) is 0 Å². The predicted octanol–water partition coefficient (Wildman–Crippen LogP) is 3.14. The number of rotatable bonds is 2. The molecule has 0 spiro atoms. The van der Waals surface area contributed by atoms with E-state index in [0.29, 0.717) is 26.9 Å². The zero-order valence-corrected chi connectivity index (χ0v) is 13.2. The number of nitrogens with zero attached hydrogens (tertiary/aromatic N) is 1. The maximum atomic E-state index is 12.1. The molecule has 5 nitrogen and oxygen atoms in total. The van der Waals surface area contributed by atoms with Gasteiger partial charge in [-0.3, -0.25) is 0 Å². The van der Waals surface area contributed by atoms with Crippen LogP contribution in [0.3, 0.4) is 0 Å². The summed E-state index contributed by atoms with van der Waals surface area (Å²) in [7, 11) is 2.87. The van der Waals surface area contributed by atoms with Gasteiger partial charge >= 0.3 is 12.0 Å². The second-order valence-corrected chi connectivity index (χ2v) is 5.44. The normalized spacial score (nSPS) is 18.6. The quantitative estimate of drug-likeness (QED) is 0.848. The van der Waals surface area contributed by atoms with Gasteiger partial charge in [-0.15, -0.1) is 0 Å². The van der Waals surface area contributed by atoms with Crippen LogP contribution in [0.15, 0.2) is 29.5 Å². The van der Waals surface area contributed by atoms with Crippen molar-refractivity contribution < 1.29 is 14.3 Å². The van der Waals surface area contributed by atoms with Gasteiger partial charge in [-0.05, 0) is 24.6 Å². The fourth-order valence-electron chi connectivity index (χ4n) is 2.18. The number of benzene rings is 1. The summed E-state index contributed by atoms with van der Waals surface area (Å²) in [4.78, 5) is 25.4. The van der Waals surface area contributed by atoms with Crippen LogP contribution in [0.2, 0.25) is 10.0 Å². The van der Waals surface area contributed by atoms with Crippen LogP contribution in [0.25, 0.3) is 0 Å². The van der Waals surface area contributed by atoms with Crippen molar-refractivity contribution in [2.75, 3.05) is 14.2 Å². The Morgan fingerprint density at radius 2 is 2.05 bits per heavy atom. The van der Waals surface area contributed by atoms with E-state index in [1.807, 2.05) is 0 Å². The molecule has 1 aliphatic rings. The molecule has 21 heavy (non-hydrogen) atoms. The minimum atomic E-state index is -0.675. The molecular weight excluding hydrogens is 315 g/mol. The zero-order valence-electron chi connectivity index (χ0n) is 11.7. The van der Waals surface area contributed by atoms with Gasteiger partial charge in [0.05, 0.1) is 18.7 Å². The van der Waals surface area contributed by atoms with Gasteiger partial charge in [-0.25, -0.2) is 9.59 Å². The Bertz CT molecular complexity index is 643. The lowest BCUT2D eigenvalue weighted by Gasteiger charge is -2.33. The van der Waals surface area contributed by atoms with E-state index >= 15 is 0 Å². The molecule has 1 N–H and O–H groups in total. The lowest BCUT2D eigenvalue weighted by Crippen LogP contribution is -2.46. The highest BCUT2D eigenvalue weighted by Gasteiger charge is 2.35. The van der Waals surface area contributed by atoms with Crippen LogP contribution in [-0.2, 0) is 9.53 Å². The number of nitrogens with one attached hydrogen (secondary N) is 1. The van der Waals surface area contributed by atoms with E-state index < -0.39 is 12.0 Å². The molecule has 0 bridgehead atoms. The number of halogens is 2. The number of carbonyl (C=O) groups is 2. The molecule has 0 unspecified atom stereocenters. The fraction of sp³-hybridized carbons (Fsp3) is 0.286. The predicted molar refractivity (Wildman–Crippen MR) is 80.2 cm³/mol. The number of hydrogen-bond acceptors (Lipinski definition) is 3. The van der Waals surface area contributed by atoms with Crippen molar-refractivity contribution in [3.05, 3.63) is 45.1 Å². The van der Waals surface area contributed by atoms with Gasteiger partial charge in [0.25, 0.3) is 0 Å². The van der Waals surface area contributed by atoms with Crippen LogP contribution >= 0.6 is 23.2 Å². The monoisotopic (exact) mass is 328 g/mol. The Labute approximate surface area is 132 Å². The molecule has 7 heteroatoms. The Morgan fingerprint density at radius 3 is 2.62 bits per heavy atom. The molecule has 1 aromatic rings. The average molecular weight is 329 g/mol. The van der Waals surface area contributed by atoms with Gasteiger partial charge in [0, 0.05) is 22.8 Å². The molecule has 2 rings (SSSR count). The van der Waals surface area contributed by atoms with E-state index in [2.05, 4.69) is 5.32 Å². The van der Waals surface area contributed by atoms with Gasteiger partial charge in [0.2, 0.25) is 0 Å². The molecule has 1 heterocycles. The van der Waals surface area contributed by atoms with Crippen LogP contribution in [0, 0.1) is 0 Å². The maximum absolute atomic E-state index is 12.1. The third-order valence-electron chi connectivity index (χ3n) is 3.43. The number of ether oxygens (including phenoxy) is 1. The molecule has 0 fully saturated rings. The lowest BCUT2D eigenvalue weighted by molar-refractivity contribution is -0.136. The summed E-state index contributed by atoms with van der Waals surface area (Å²) in [6.45, 7) is 1.68. The second-order valence-electron chi connectivity index (χ2n) is 4.60. The smallest absolute Gasteiger partial charge is 0.337 e. The molecule has 1 aromatic carbocycles. The van der Waals surface area contributed by atoms with E-state index in [-0.39, 0.29) is 6.03 Å². The molecule has 0 radical (unpaired) electrons. The number of hydrogen-bond donors (Lipinski definition) is 1. The molecular formula is C14H14Cl2N2O3. The number of allylic oxidation sites excluding steroid dienone is 1. The summed E-state index contributed by atoms with van der Waals surface area (Å²) in [5, 5.41) is 3.58. The summed E-state index contributed by atoms with van der Waals surface area (Å²) >= 11 is 12.1. The fourth-order valence-corrected chi connectivity index (χ4v) is 2.70. The van der Waals surface area contributed by atoms with Gasteiger partial charge in [-0.1, -0.05) is 29.3 Å². The topological polar surface area (TPSA) is 58.6 Å². The Morgan fingerprint density at radius 1 is 1.38 bits per heavy atom. The second kappa shape index (κ2) is 5.95. The summed E-state index contributed by atoms with van der Waals surface area (Å²) in [6, 6.07) is 3.89. The van der Waals surface area contributed by atoms with Crippen LogP contribution in [0.5, 0.6) is 0 Å². The Balaban J connectivity index is 2.59. The first-order chi connectivity index (χ1) is 9.86. The third kappa shape index (κ3) is 2.84. The molecule has 0 saturated heterocycles. The number of amides is 2. The summed E-state index contributed by atoms with van der Waals surface area (Å²) < 4.78 is 4.82. The Hall–Kier alpha value is -1.72. The van der Waals surface area contributed by atoms with Crippen molar-refractivity contribution in [1.29, 1.82) is 0 Å². The summed E-state index contributed by atoms with van der Waals surface area (Å²) in [5.74, 6) is -0.518. The van der Waals surface area contributed by atoms with Crippen molar-refractivity contribution in [2.24, 2.45) is 0 Å². The first-order valence-electron chi connectivity index (χ1n) is 6.15. The third-order valence-corrected chi connectivity index (χ3v) is 4.00. The molecule has 2 amide bonds. The van der Waals surface area contributed by atoms with Crippen molar-refractivity contribution >= 4 is 35.2 Å². The highest BCUT2D eigenvalue weighted by molar-refractivity contribution is 6.35. The molecule has 0 aromatic heterocycles. The van der Waals surface area contributed by atoms with Crippen LogP contribution in [0.4, 0.5) is 4.79 Å². The molecule has 0 aliphatic carbocycles. The van der Waals surface area contributed by atoms with Crippen molar-refractivity contribution in [3.63, 3.8) is 0 Å². The molecule has 1 atom stereocenters. The van der Waals surface area contributed by atoms with Crippen molar-refractivity contribution in [3.8, 4) is 0 Å². The molecule has 112 valence electrons.